The molecule has 4 aromatic rings. The number of benzene rings is 3. The van der Waals surface area contributed by atoms with E-state index < -0.39 is 0 Å². The van der Waals surface area contributed by atoms with Crippen LogP contribution in [0.2, 0.25) is 0 Å². The number of ether oxygens (including phenoxy) is 2. The van der Waals surface area contributed by atoms with Crippen LogP contribution in [0, 0.1) is 11.3 Å². The monoisotopic (exact) mass is 493 g/mol. The lowest BCUT2D eigenvalue weighted by Crippen LogP contribution is -2.44. The molecule has 0 unspecified atom stereocenters. The second-order valence-corrected chi connectivity index (χ2v) is 9.88. The Morgan fingerprint density at radius 3 is 2.49 bits per heavy atom. The summed E-state index contributed by atoms with van der Waals surface area (Å²) < 4.78 is 11.6. The topological polar surface area (TPSA) is 77.4 Å². The summed E-state index contributed by atoms with van der Waals surface area (Å²) in [6.45, 7) is 5.68. The zero-order valence-corrected chi connectivity index (χ0v) is 21.1. The average molecular weight is 494 g/mol. The van der Waals surface area contributed by atoms with Gasteiger partial charge in [0.15, 0.2) is 0 Å². The van der Waals surface area contributed by atoms with Crippen LogP contribution in [0.3, 0.4) is 0 Å². The molecule has 0 spiro atoms. The molecule has 0 atom stereocenters. The van der Waals surface area contributed by atoms with Gasteiger partial charge in [-0.15, -0.1) is 0 Å². The van der Waals surface area contributed by atoms with Gasteiger partial charge >= 0.3 is 0 Å². The Balaban J connectivity index is 1.27. The Kier molecular flexibility index (Phi) is 6.52. The first-order valence-corrected chi connectivity index (χ1v) is 13.0. The molecular formula is C30H31N5O2. The average Bonchev–Trinajstić information content (AvgIpc) is 3.39. The van der Waals surface area contributed by atoms with E-state index in [1.165, 1.54) is 5.69 Å². The van der Waals surface area contributed by atoms with Gasteiger partial charge < -0.3 is 24.3 Å². The summed E-state index contributed by atoms with van der Waals surface area (Å²) in [6.07, 6.45) is 1.78. The maximum absolute atomic E-state index is 9.83. The molecule has 6 rings (SSSR count). The Bertz CT molecular complexity index is 1420. The van der Waals surface area contributed by atoms with Crippen LogP contribution in [0.1, 0.15) is 18.4 Å². The zero-order valence-electron chi connectivity index (χ0n) is 21.1. The van der Waals surface area contributed by atoms with Crippen LogP contribution in [0.25, 0.3) is 33.5 Å². The highest BCUT2D eigenvalue weighted by Crippen LogP contribution is 2.33. The van der Waals surface area contributed by atoms with Crippen molar-refractivity contribution in [3.63, 3.8) is 0 Å². The van der Waals surface area contributed by atoms with Crippen molar-refractivity contribution in [3.05, 3.63) is 66.2 Å². The molecule has 0 radical (unpaired) electrons. The molecule has 0 amide bonds. The predicted molar refractivity (Wildman–Crippen MR) is 146 cm³/mol. The van der Waals surface area contributed by atoms with Gasteiger partial charge in [0.2, 0.25) is 0 Å². The van der Waals surface area contributed by atoms with E-state index in [0.717, 1.165) is 72.6 Å². The lowest BCUT2D eigenvalue weighted by atomic mass is 10.0. The fourth-order valence-electron chi connectivity index (χ4n) is 5.16. The molecule has 0 saturated carbocycles. The quantitative estimate of drug-likeness (QED) is 0.418. The van der Waals surface area contributed by atoms with E-state index >= 15 is 0 Å². The summed E-state index contributed by atoms with van der Waals surface area (Å²) in [7, 11) is 2.17. The van der Waals surface area contributed by atoms with E-state index in [4.69, 9.17) is 14.5 Å². The highest BCUT2D eigenvalue weighted by atomic mass is 16.5. The molecule has 0 aliphatic carbocycles. The molecule has 3 aromatic carbocycles. The standard InChI is InChI=1S/C30H31N5O2/c1-34-13-15-35(16-14-34)24-8-5-21(6-9-24)30-32-27-4-2-3-26(29(27)33-30)22-7-10-28(23(19-22)20-31)37-25-11-17-36-18-12-25/h2-10,19,25H,11-18H2,1H3,(H,32,33). The maximum atomic E-state index is 9.83. The minimum atomic E-state index is 0.0895. The van der Waals surface area contributed by atoms with Crippen molar-refractivity contribution < 1.29 is 9.47 Å². The SMILES string of the molecule is CN1CCN(c2ccc(-c3nc4c(-c5ccc(OC6CCOCC6)c(C#N)c5)cccc4[nH]3)cc2)CC1. The van der Waals surface area contributed by atoms with Crippen LogP contribution in [-0.2, 0) is 4.74 Å². The smallest absolute Gasteiger partial charge is 0.138 e. The van der Waals surface area contributed by atoms with Crippen LogP contribution < -0.4 is 9.64 Å². The van der Waals surface area contributed by atoms with Gasteiger partial charge in [0, 0.05) is 55.8 Å². The molecule has 2 fully saturated rings. The van der Waals surface area contributed by atoms with E-state index in [9.17, 15) is 5.26 Å². The molecule has 0 bridgehead atoms. The highest BCUT2D eigenvalue weighted by molar-refractivity contribution is 5.94. The Morgan fingerprint density at radius 1 is 0.973 bits per heavy atom. The number of para-hydroxylation sites is 1. The van der Waals surface area contributed by atoms with Crippen LogP contribution in [0.15, 0.2) is 60.7 Å². The van der Waals surface area contributed by atoms with E-state index in [2.05, 4.69) is 58.2 Å². The summed E-state index contributed by atoms with van der Waals surface area (Å²) in [4.78, 5) is 13.3. The van der Waals surface area contributed by atoms with Gasteiger partial charge in [0.1, 0.15) is 23.7 Å². The lowest BCUT2D eigenvalue weighted by Gasteiger charge is -2.34. The summed E-state index contributed by atoms with van der Waals surface area (Å²) in [5.41, 5.74) is 6.64. The van der Waals surface area contributed by atoms with Gasteiger partial charge in [-0.25, -0.2) is 4.98 Å². The Labute approximate surface area is 217 Å². The largest absolute Gasteiger partial charge is 0.489 e. The van der Waals surface area contributed by atoms with Gasteiger partial charge in [0.25, 0.3) is 0 Å². The number of aromatic amines is 1. The maximum Gasteiger partial charge on any atom is 0.138 e. The minimum Gasteiger partial charge on any atom is -0.489 e. The number of aromatic nitrogens is 2. The number of likely N-dealkylation sites (N-methyl/N-ethyl adjacent to an activating group) is 1. The minimum absolute atomic E-state index is 0.0895. The molecule has 1 N–H and O–H groups in total. The number of nitrogens with zero attached hydrogens (tertiary/aromatic N) is 4. The van der Waals surface area contributed by atoms with Crippen LogP contribution in [0.4, 0.5) is 5.69 Å². The molecule has 188 valence electrons. The number of H-pyrrole nitrogens is 1. The van der Waals surface area contributed by atoms with E-state index in [0.29, 0.717) is 24.5 Å². The fourth-order valence-corrected chi connectivity index (χ4v) is 5.16. The molecule has 2 saturated heterocycles. The van der Waals surface area contributed by atoms with Crippen molar-refractivity contribution >= 4 is 16.7 Å². The normalized spacial score (nSPS) is 17.1. The van der Waals surface area contributed by atoms with Crippen LogP contribution in [-0.4, -0.2) is 67.4 Å². The molecule has 7 heteroatoms. The zero-order chi connectivity index (χ0) is 25.2. The summed E-state index contributed by atoms with van der Waals surface area (Å²) >= 11 is 0. The van der Waals surface area contributed by atoms with Gasteiger partial charge in [-0.1, -0.05) is 18.2 Å². The first kappa shape index (κ1) is 23.5. The molecular weight excluding hydrogens is 462 g/mol. The van der Waals surface area contributed by atoms with E-state index in [1.54, 1.807) is 0 Å². The third kappa shape index (κ3) is 4.91. The number of piperazine rings is 1. The number of fused-ring (bicyclic) bond motifs is 1. The second kappa shape index (κ2) is 10.3. The van der Waals surface area contributed by atoms with Crippen molar-refractivity contribution in [2.24, 2.45) is 0 Å². The highest BCUT2D eigenvalue weighted by Gasteiger charge is 2.19. The first-order chi connectivity index (χ1) is 18.2. The number of hydrogen-bond acceptors (Lipinski definition) is 6. The molecule has 3 heterocycles. The third-order valence-electron chi connectivity index (χ3n) is 7.39. The number of nitriles is 1. The summed E-state index contributed by atoms with van der Waals surface area (Å²) in [5.74, 6) is 1.47. The molecule has 7 nitrogen and oxygen atoms in total. The number of anilines is 1. The Hall–Kier alpha value is -3.86. The molecule has 2 aliphatic rings. The number of imidazole rings is 1. The van der Waals surface area contributed by atoms with Crippen molar-refractivity contribution in [3.8, 4) is 34.3 Å². The number of hydrogen-bond donors (Lipinski definition) is 1. The third-order valence-corrected chi connectivity index (χ3v) is 7.39. The summed E-state index contributed by atoms with van der Waals surface area (Å²) in [5, 5.41) is 9.83. The van der Waals surface area contributed by atoms with Crippen LogP contribution >= 0.6 is 0 Å². The van der Waals surface area contributed by atoms with Crippen molar-refractivity contribution in [1.82, 2.24) is 14.9 Å². The number of nitrogens with one attached hydrogen (secondary N) is 1. The fraction of sp³-hybridized carbons (Fsp3) is 0.333. The van der Waals surface area contributed by atoms with Gasteiger partial charge in [-0.2, -0.15) is 5.26 Å². The van der Waals surface area contributed by atoms with E-state index in [-0.39, 0.29) is 6.10 Å². The van der Waals surface area contributed by atoms with Gasteiger partial charge in [0.05, 0.1) is 29.8 Å². The van der Waals surface area contributed by atoms with Gasteiger partial charge in [-0.05, 0) is 55.1 Å². The molecule has 2 aliphatic heterocycles. The lowest BCUT2D eigenvalue weighted by molar-refractivity contribution is 0.0254. The molecule has 1 aromatic heterocycles. The second-order valence-electron chi connectivity index (χ2n) is 9.88. The van der Waals surface area contributed by atoms with Crippen molar-refractivity contribution in [1.29, 1.82) is 5.26 Å². The van der Waals surface area contributed by atoms with Crippen molar-refractivity contribution in [2.75, 3.05) is 51.3 Å². The predicted octanol–water partition coefficient (Wildman–Crippen LogP) is 5.08. The Morgan fingerprint density at radius 2 is 1.73 bits per heavy atom. The molecule has 37 heavy (non-hydrogen) atoms. The van der Waals surface area contributed by atoms with Crippen LogP contribution in [0.5, 0.6) is 5.75 Å². The van der Waals surface area contributed by atoms with Gasteiger partial charge in [-0.3, -0.25) is 0 Å². The first-order valence-electron chi connectivity index (χ1n) is 13.0. The number of rotatable bonds is 5. The van der Waals surface area contributed by atoms with E-state index in [1.807, 2.05) is 30.3 Å². The van der Waals surface area contributed by atoms with Crippen molar-refractivity contribution in [2.45, 2.75) is 18.9 Å². The summed E-state index contributed by atoms with van der Waals surface area (Å²) in [6, 6.07) is 22.9.